The van der Waals surface area contributed by atoms with E-state index in [2.05, 4.69) is 0 Å². The van der Waals surface area contributed by atoms with Crippen LogP contribution in [0.15, 0.2) is 23.0 Å². The molecule has 0 atom stereocenters. The number of furan rings is 1. The number of rotatable bonds is 3. The summed E-state index contributed by atoms with van der Waals surface area (Å²) in [5, 5.41) is 0. The van der Waals surface area contributed by atoms with E-state index >= 15 is 0 Å². The van der Waals surface area contributed by atoms with Gasteiger partial charge >= 0.3 is 0 Å². The van der Waals surface area contributed by atoms with E-state index in [9.17, 15) is 13.6 Å². The third-order valence-corrected chi connectivity index (χ3v) is 2.82. The minimum Gasteiger partial charge on any atom is -0.472 e. The first-order chi connectivity index (χ1) is 7.48. The molecule has 1 aromatic rings. The fourth-order valence-electron chi connectivity index (χ4n) is 1.88. The van der Waals surface area contributed by atoms with Crippen LogP contribution in [-0.4, -0.2) is 23.8 Å². The molecule has 0 unspecified atom stereocenters. The van der Waals surface area contributed by atoms with Gasteiger partial charge in [-0.05, 0) is 6.07 Å². The van der Waals surface area contributed by atoms with Crippen LogP contribution in [0.25, 0.3) is 0 Å². The van der Waals surface area contributed by atoms with Crippen LogP contribution in [0.2, 0.25) is 0 Å². The van der Waals surface area contributed by atoms with Gasteiger partial charge in [0.2, 0.25) is 11.8 Å². The third kappa shape index (κ3) is 2.23. The number of hydrogen-bond donors (Lipinski definition) is 0. The summed E-state index contributed by atoms with van der Waals surface area (Å²) >= 11 is 0. The van der Waals surface area contributed by atoms with Gasteiger partial charge in [0.1, 0.15) is 0 Å². The zero-order chi connectivity index (χ0) is 11.8. The Bertz CT molecular complexity index is 367. The van der Waals surface area contributed by atoms with E-state index in [1.165, 1.54) is 11.2 Å². The van der Waals surface area contributed by atoms with Crippen LogP contribution in [0.3, 0.4) is 0 Å². The maximum absolute atomic E-state index is 12.6. The lowest BCUT2D eigenvalue weighted by molar-refractivity contribution is -0.159. The largest absolute Gasteiger partial charge is 0.472 e. The van der Waals surface area contributed by atoms with Crippen molar-refractivity contribution in [1.29, 1.82) is 0 Å². The van der Waals surface area contributed by atoms with Crippen molar-refractivity contribution in [3.63, 3.8) is 0 Å². The van der Waals surface area contributed by atoms with Crippen molar-refractivity contribution in [2.75, 3.05) is 7.05 Å². The van der Waals surface area contributed by atoms with E-state index in [-0.39, 0.29) is 18.7 Å². The number of hydrogen-bond acceptors (Lipinski definition) is 2. The minimum absolute atomic E-state index is 0.216. The van der Waals surface area contributed by atoms with E-state index in [4.69, 9.17) is 4.42 Å². The first-order valence-electron chi connectivity index (χ1n) is 5.12. The van der Waals surface area contributed by atoms with Crippen molar-refractivity contribution in [2.24, 2.45) is 5.92 Å². The summed E-state index contributed by atoms with van der Waals surface area (Å²) < 4.78 is 30.1. The molecular weight excluding hydrogens is 216 g/mol. The Morgan fingerprint density at radius 2 is 2.31 bits per heavy atom. The number of carbonyl (C=O) groups is 1. The summed E-state index contributed by atoms with van der Waals surface area (Å²) in [6.07, 6.45) is 2.42. The summed E-state index contributed by atoms with van der Waals surface area (Å²) in [5.41, 5.74) is 0.863. The Hall–Kier alpha value is -1.39. The van der Waals surface area contributed by atoms with Crippen LogP contribution in [0.5, 0.6) is 0 Å². The number of amides is 1. The summed E-state index contributed by atoms with van der Waals surface area (Å²) in [6, 6.07) is 1.75. The second-order valence-corrected chi connectivity index (χ2v) is 4.29. The highest BCUT2D eigenvalue weighted by Gasteiger charge is 2.49. The van der Waals surface area contributed by atoms with Gasteiger partial charge in [0.05, 0.1) is 12.5 Å². The lowest BCUT2D eigenvalue weighted by Crippen LogP contribution is -2.45. The molecule has 0 aromatic carbocycles. The van der Waals surface area contributed by atoms with Gasteiger partial charge in [0.15, 0.2) is 0 Å². The predicted molar refractivity (Wildman–Crippen MR) is 52.9 cm³/mol. The van der Waals surface area contributed by atoms with Crippen LogP contribution in [0, 0.1) is 5.92 Å². The molecule has 0 bridgehead atoms. The molecule has 0 aliphatic heterocycles. The van der Waals surface area contributed by atoms with Gasteiger partial charge in [-0.25, -0.2) is 8.78 Å². The first kappa shape index (κ1) is 11.1. The van der Waals surface area contributed by atoms with Crippen LogP contribution in [0.1, 0.15) is 18.4 Å². The molecule has 5 heteroatoms. The topological polar surface area (TPSA) is 33.5 Å². The van der Waals surface area contributed by atoms with E-state index in [0.717, 1.165) is 5.56 Å². The fraction of sp³-hybridized carbons (Fsp3) is 0.545. The highest BCUT2D eigenvalue weighted by molar-refractivity contribution is 5.79. The number of nitrogens with zero attached hydrogens (tertiary/aromatic N) is 1. The maximum Gasteiger partial charge on any atom is 0.249 e. The lowest BCUT2D eigenvalue weighted by Gasteiger charge is -2.36. The van der Waals surface area contributed by atoms with Crippen molar-refractivity contribution >= 4 is 5.91 Å². The molecule has 0 radical (unpaired) electrons. The van der Waals surface area contributed by atoms with Crippen molar-refractivity contribution in [2.45, 2.75) is 25.3 Å². The fourth-order valence-corrected chi connectivity index (χ4v) is 1.88. The van der Waals surface area contributed by atoms with Gasteiger partial charge < -0.3 is 9.32 Å². The third-order valence-electron chi connectivity index (χ3n) is 2.82. The first-order valence-corrected chi connectivity index (χ1v) is 5.12. The van der Waals surface area contributed by atoms with Gasteiger partial charge in [0.25, 0.3) is 0 Å². The zero-order valence-electron chi connectivity index (χ0n) is 8.95. The van der Waals surface area contributed by atoms with E-state index < -0.39 is 11.8 Å². The molecule has 1 saturated carbocycles. The zero-order valence-corrected chi connectivity index (χ0v) is 8.95. The molecule has 0 N–H and O–H groups in total. The van der Waals surface area contributed by atoms with Gasteiger partial charge in [-0.1, -0.05) is 0 Å². The molecule has 88 valence electrons. The molecule has 16 heavy (non-hydrogen) atoms. The van der Waals surface area contributed by atoms with E-state index in [0.29, 0.717) is 6.54 Å². The summed E-state index contributed by atoms with van der Waals surface area (Å²) in [7, 11) is 1.62. The second kappa shape index (κ2) is 3.88. The standard InChI is InChI=1S/C11H13F2NO2/c1-14(6-8-2-3-16-7-8)10(15)9-4-11(12,13)5-9/h2-3,7,9H,4-6H2,1H3. The number of carbonyl (C=O) groups excluding carboxylic acids is 1. The minimum atomic E-state index is -2.64. The Morgan fingerprint density at radius 3 is 2.81 bits per heavy atom. The van der Waals surface area contributed by atoms with Gasteiger partial charge in [-0.2, -0.15) is 0 Å². The Morgan fingerprint density at radius 1 is 1.62 bits per heavy atom. The van der Waals surface area contributed by atoms with Crippen molar-refractivity contribution in [3.05, 3.63) is 24.2 Å². The smallest absolute Gasteiger partial charge is 0.249 e. The summed E-state index contributed by atoms with van der Waals surface area (Å²) in [4.78, 5) is 13.2. The molecule has 3 nitrogen and oxygen atoms in total. The highest BCUT2D eigenvalue weighted by Crippen LogP contribution is 2.43. The van der Waals surface area contributed by atoms with E-state index in [1.54, 1.807) is 19.4 Å². The van der Waals surface area contributed by atoms with Crippen molar-refractivity contribution in [1.82, 2.24) is 4.90 Å². The Kier molecular flexibility index (Phi) is 2.69. The molecule has 1 aliphatic carbocycles. The van der Waals surface area contributed by atoms with Crippen LogP contribution >= 0.6 is 0 Å². The number of alkyl halides is 2. The lowest BCUT2D eigenvalue weighted by atomic mass is 9.80. The normalized spacial score (nSPS) is 19.2. The average Bonchev–Trinajstić information content (AvgIpc) is 2.65. The molecular formula is C11H13F2NO2. The monoisotopic (exact) mass is 229 g/mol. The number of halogens is 2. The van der Waals surface area contributed by atoms with Gasteiger partial charge in [-0.15, -0.1) is 0 Å². The molecule has 1 aromatic heterocycles. The molecule has 1 fully saturated rings. The maximum atomic E-state index is 12.6. The second-order valence-electron chi connectivity index (χ2n) is 4.29. The van der Waals surface area contributed by atoms with Crippen molar-refractivity contribution in [3.8, 4) is 0 Å². The average molecular weight is 229 g/mol. The molecule has 1 heterocycles. The van der Waals surface area contributed by atoms with Crippen molar-refractivity contribution < 1.29 is 18.0 Å². The molecule has 2 rings (SSSR count). The predicted octanol–water partition coefficient (Wildman–Crippen LogP) is 2.28. The van der Waals surface area contributed by atoms with Gasteiger partial charge in [-0.3, -0.25) is 4.79 Å². The quantitative estimate of drug-likeness (QED) is 0.796. The molecule has 1 aliphatic rings. The van der Waals surface area contributed by atoms with Crippen LogP contribution in [-0.2, 0) is 11.3 Å². The Balaban J connectivity index is 1.86. The summed E-state index contributed by atoms with van der Waals surface area (Å²) in [5.74, 6) is -3.38. The SMILES string of the molecule is CN(Cc1ccoc1)C(=O)C1CC(F)(F)C1. The molecule has 0 spiro atoms. The summed E-state index contributed by atoms with van der Waals surface area (Å²) in [6.45, 7) is 0.400. The molecule has 0 saturated heterocycles. The Labute approximate surface area is 92.0 Å². The van der Waals surface area contributed by atoms with Crippen LogP contribution in [0.4, 0.5) is 8.78 Å². The van der Waals surface area contributed by atoms with Gasteiger partial charge in [0, 0.05) is 37.9 Å². The van der Waals surface area contributed by atoms with Crippen LogP contribution < -0.4 is 0 Å². The van der Waals surface area contributed by atoms with E-state index in [1.807, 2.05) is 0 Å². The highest BCUT2D eigenvalue weighted by atomic mass is 19.3. The molecule has 1 amide bonds.